The third-order valence-corrected chi connectivity index (χ3v) is 7.25. The lowest BCUT2D eigenvalue weighted by Gasteiger charge is -2.16. The molecule has 0 aliphatic heterocycles. The molecule has 186 valence electrons. The molecule has 0 saturated carbocycles. The lowest BCUT2D eigenvalue weighted by molar-refractivity contribution is -0.114. The van der Waals surface area contributed by atoms with Crippen molar-refractivity contribution in [3.05, 3.63) is 138 Å². The first-order chi connectivity index (χ1) is 17.9. The maximum Gasteiger partial charge on any atom is 0.264 e. The Bertz CT molecular complexity index is 1520. The van der Waals surface area contributed by atoms with Gasteiger partial charge in [-0.25, -0.2) is 13.1 Å². The molecule has 0 fully saturated rings. The summed E-state index contributed by atoms with van der Waals surface area (Å²) in [6, 6.07) is 34.1. The highest BCUT2D eigenvalue weighted by Gasteiger charge is 2.16. The lowest BCUT2D eigenvalue weighted by Crippen LogP contribution is -2.28. The van der Waals surface area contributed by atoms with Crippen molar-refractivity contribution in [2.45, 2.75) is 18.2 Å². The summed E-state index contributed by atoms with van der Waals surface area (Å²) in [5.41, 5.74) is 12.6. The van der Waals surface area contributed by atoms with Crippen LogP contribution in [0.5, 0.6) is 0 Å². The van der Waals surface area contributed by atoms with Crippen molar-refractivity contribution < 1.29 is 13.2 Å². The summed E-state index contributed by atoms with van der Waals surface area (Å²) >= 11 is 0. The second-order valence-electron chi connectivity index (χ2n) is 8.43. The second kappa shape index (κ2) is 11.5. The number of sulfonamides is 1. The van der Waals surface area contributed by atoms with E-state index >= 15 is 0 Å². The van der Waals surface area contributed by atoms with Gasteiger partial charge in [0.25, 0.3) is 15.9 Å². The maximum absolute atomic E-state index is 12.4. The van der Waals surface area contributed by atoms with Crippen LogP contribution in [0.15, 0.2) is 120 Å². The minimum atomic E-state index is -3.98. The minimum Gasteiger partial charge on any atom is -0.399 e. The molecule has 4 aromatic rings. The number of carbonyl (C=O) groups is 1. The molecule has 6 heteroatoms. The van der Waals surface area contributed by atoms with Gasteiger partial charge in [0.2, 0.25) is 0 Å². The molecule has 0 unspecified atom stereocenters. The Labute approximate surface area is 218 Å². The number of benzene rings is 4. The third-order valence-electron chi connectivity index (χ3n) is 5.89. The van der Waals surface area contributed by atoms with Gasteiger partial charge in [0.05, 0.1) is 4.90 Å². The topological polar surface area (TPSA) is 89.3 Å². The number of amides is 1. The molecule has 0 radical (unpaired) electrons. The summed E-state index contributed by atoms with van der Waals surface area (Å²) in [4.78, 5) is 12.3. The molecule has 4 aromatic carbocycles. The van der Waals surface area contributed by atoms with E-state index in [1.54, 1.807) is 6.08 Å². The number of nitrogens with one attached hydrogen (secondary N) is 1. The van der Waals surface area contributed by atoms with Gasteiger partial charge < -0.3 is 5.73 Å². The van der Waals surface area contributed by atoms with Gasteiger partial charge in [0.1, 0.15) is 0 Å². The van der Waals surface area contributed by atoms with Gasteiger partial charge >= 0.3 is 0 Å². The summed E-state index contributed by atoms with van der Waals surface area (Å²) in [6.45, 7) is 2.15. The van der Waals surface area contributed by atoms with Crippen molar-refractivity contribution in [1.29, 1.82) is 0 Å². The number of rotatable bonds is 8. The van der Waals surface area contributed by atoms with Gasteiger partial charge in [-0.05, 0) is 70.2 Å². The van der Waals surface area contributed by atoms with E-state index in [4.69, 9.17) is 5.73 Å². The van der Waals surface area contributed by atoms with Crippen molar-refractivity contribution in [2.75, 3.05) is 5.73 Å². The van der Waals surface area contributed by atoms with Gasteiger partial charge in [0, 0.05) is 11.8 Å². The van der Waals surface area contributed by atoms with Crippen LogP contribution in [-0.4, -0.2) is 14.3 Å². The Morgan fingerprint density at radius 1 is 0.757 bits per heavy atom. The zero-order valence-corrected chi connectivity index (χ0v) is 21.3. The fourth-order valence-corrected chi connectivity index (χ4v) is 5.03. The molecule has 0 spiro atoms. The average Bonchev–Trinajstić information content (AvgIpc) is 2.92. The Kier molecular flexibility index (Phi) is 8.01. The Morgan fingerprint density at radius 3 is 1.86 bits per heavy atom. The van der Waals surface area contributed by atoms with E-state index in [9.17, 15) is 13.2 Å². The second-order valence-corrected chi connectivity index (χ2v) is 10.1. The van der Waals surface area contributed by atoms with Crippen LogP contribution in [0.2, 0.25) is 0 Å². The Hall–Kier alpha value is -4.42. The zero-order chi connectivity index (χ0) is 26.3. The average molecular weight is 509 g/mol. The summed E-state index contributed by atoms with van der Waals surface area (Å²) < 4.78 is 26.9. The molecule has 4 rings (SSSR count). The van der Waals surface area contributed by atoms with E-state index < -0.39 is 15.9 Å². The van der Waals surface area contributed by atoms with E-state index in [0.717, 1.165) is 28.7 Å². The molecule has 1 amide bonds. The highest BCUT2D eigenvalue weighted by Crippen LogP contribution is 2.34. The first-order valence-corrected chi connectivity index (χ1v) is 13.4. The van der Waals surface area contributed by atoms with Crippen molar-refractivity contribution in [3.8, 4) is 0 Å². The van der Waals surface area contributed by atoms with Crippen LogP contribution in [0.4, 0.5) is 5.69 Å². The van der Waals surface area contributed by atoms with Crippen molar-refractivity contribution in [1.82, 2.24) is 4.72 Å². The Morgan fingerprint density at radius 2 is 1.30 bits per heavy atom. The van der Waals surface area contributed by atoms with Gasteiger partial charge in [-0.15, -0.1) is 0 Å². The standard InChI is InChI=1S/C31H28N2O3S/c1-2-29(24-9-5-3-6-10-24)31(25-11-7-4-8-12-25)26-16-13-23(14-17-26)15-22-30(34)33-37(35,36)28-20-18-27(32)19-21-28/h3-22H,2,32H2,1H3,(H,33,34). The van der Waals surface area contributed by atoms with Crippen LogP contribution < -0.4 is 10.5 Å². The normalized spacial score (nSPS) is 12.2. The predicted octanol–water partition coefficient (Wildman–Crippen LogP) is 6.16. The molecule has 0 saturated heterocycles. The van der Waals surface area contributed by atoms with Crippen LogP contribution in [0, 0.1) is 0 Å². The number of allylic oxidation sites excluding steroid dienone is 1. The first kappa shape index (κ1) is 25.7. The monoisotopic (exact) mass is 508 g/mol. The molecule has 0 aliphatic rings. The smallest absolute Gasteiger partial charge is 0.264 e. The van der Waals surface area contributed by atoms with Crippen molar-refractivity contribution in [2.24, 2.45) is 0 Å². The van der Waals surface area contributed by atoms with Gasteiger partial charge in [-0.3, -0.25) is 4.79 Å². The number of nitrogen functional groups attached to an aromatic ring is 1. The number of carbonyl (C=O) groups excluding carboxylic acids is 1. The molecular formula is C31H28N2O3S. The maximum atomic E-state index is 12.4. The number of nitrogens with two attached hydrogens (primary N) is 1. The van der Waals surface area contributed by atoms with Gasteiger partial charge in [0.15, 0.2) is 0 Å². The van der Waals surface area contributed by atoms with E-state index in [1.807, 2.05) is 60.7 Å². The largest absolute Gasteiger partial charge is 0.399 e. The van der Waals surface area contributed by atoms with E-state index in [1.165, 1.54) is 41.5 Å². The Balaban J connectivity index is 1.59. The predicted molar refractivity (Wildman–Crippen MR) is 151 cm³/mol. The van der Waals surface area contributed by atoms with Crippen LogP contribution in [-0.2, 0) is 14.8 Å². The van der Waals surface area contributed by atoms with Crippen LogP contribution >= 0.6 is 0 Å². The molecule has 0 heterocycles. The first-order valence-electron chi connectivity index (χ1n) is 11.9. The molecule has 37 heavy (non-hydrogen) atoms. The zero-order valence-electron chi connectivity index (χ0n) is 20.5. The van der Waals surface area contributed by atoms with Crippen molar-refractivity contribution in [3.63, 3.8) is 0 Å². The number of anilines is 1. The van der Waals surface area contributed by atoms with Crippen LogP contribution in [0.1, 0.15) is 35.6 Å². The van der Waals surface area contributed by atoms with E-state index in [2.05, 4.69) is 35.9 Å². The summed E-state index contributed by atoms with van der Waals surface area (Å²) in [6.07, 6.45) is 3.65. The van der Waals surface area contributed by atoms with Crippen LogP contribution in [0.25, 0.3) is 17.2 Å². The van der Waals surface area contributed by atoms with E-state index in [-0.39, 0.29) is 4.90 Å². The molecule has 0 aliphatic carbocycles. The fourth-order valence-electron chi connectivity index (χ4n) is 4.09. The van der Waals surface area contributed by atoms with Crippen LogP contribution in [0.3, 0.4) is 0 Å². The van der Waals surface area contributed by atoms with Crippen molar-refractivity contribution >= 4 is 38.8 Å². The highest BCUT2D eigenvalue weighted by molar-refractivity contribution is 7.90. The SMILES string of the molecule is CCC(=C(c1ccccc1)c1ccc(C=CC(=O)NS(=O)(=O)c2ccc(N)cc2)cc1)c1ccccc1. The minimum absolute atomic E-state index is 0.0295. The quantitative estimate of drug-likeness (QED) is 0.170. The molecule has 0 aromatic heterocycles. The fraction of sp³-hybridized carbons (Fsp3) is 0.0645. The summed E-state index contributed by atoms with van der Waals surface area (Å²) in [5, 5.41) is 0. The molecular weight excluding hydrogens is 480 g/mol. The number of hydrogen-bond acceptors (Lipinski definition) is 4. The summed E-state index contributed by atoms with van der Waals surface area (Å²) in [5.74, 6) is -0.733. The molecule has 5 nitrogen and oxygen atoms in total. The third kappa shape index (κ3) is 6.42. The lowest BCUT2D eigenvalue weighted by atomic mass is 9.88. The highest BCUT2D eigenvalue weighted by atomic mass is 32.2. The van der Waals surface area contributed by atoms with Gasteiger partial charge in [-0.1, -0.05) is 91.9 Å². The van der Waals surface area contributed by atoms with E-state index in [0.29, 0.717) is 5.69 Å². The molecule has 0 atom stereocenters. The molecule has 0 bridgehead atoms. The number of hydrogen-bond donors (Lipinski definition) is 2. The summed E-state index contributed by atoms with van der Waals surface area (Å²) in [7, 11) is -3.98. The van der Waals surface area contributed by atoms with Gasteiger partial charge in [-0.2, -0.15) is 0 Å². The molecule has 3 N–H and O–H groups in total.